The molecule has 0 aromatic heterocycles. The van der Waals surface area contributed by atoms with Crippen LogP contribution in [-0.2, 0) is 22.7 Å². The van der Waals surface area contributed by atoms with Crippen molar-refractivity contribution in [2.75, 3.05) is 13.2 Å². The number of benzene rings is 3. The molecule has 0 aliphatic heterocycles. The summed E-state index contributed by atoms with van der Waals surface area (Å²) < 4.78 is 31.0. The van der Waals surface area contributed by atoms with Crippen LogP contribution in [0.2, 0.25) is 0 Å². The summed E-state index contributed by atoms with van der Waals surface area (Å²) in [5.74, 6) is -1.39. The molecule has 6 heteroatoms. The van der Waals surface area contributed by atoms with Crippen molar-refractivity contribution in [2.45, 2.75) is 25.4 Å². The van der Waals surface area contributed by atoms with Crippen molar-refractivity contribution in [3.63, 3.8) is 0 Å². The van der Waals surface area contributed by atoms with Crippen LogP contribution < -0.4 is 4.74 Å². The maximum absolute atomic E-state index is 14.1. The number of aliphatic hydroxyl groups excluding tert-OH is 1. The van der Waals surface area contributed by atoms with Crippen LogP contribution in [0.3, 0.4) is 0 Å². The quantitative estimate of drug-likeness (QED) is 0.497. The Morgan fingerprint density at radius 2 is 1.30 bits per heavy atom. The summed E-state index contributed by atoms with van der Waals surface area (Å²) in [6.07, 6.45) is -2.03. The van der Waals surface area contributed by atoms with Gasteiger partial charge in [-0.05, 0) is 23.3 Å². The Kier molecular flexibility index (Phi) is 8.20. The standard InChI is InChI=1S/C24H25FO5/c25-20-12-7-13-21(26)24(20)30-23(17-29-15-19-10-5-2-6-11-19)22(27)16-28-14-18-8-3-1-4-9-18/h1-13,22-23,26-27H,14-17H2/t22-,23+/m1/s1. The van der Waals surface area contributed by atoms with E-state index in [4.69, 9.17) is 14.2 Å². The van der Waals surface area contributed by atoms with E-state index in [9.17, 15) is 14.6 Å². The summed E-state index contributed by atoms with van der Waals surface area (Å²) in [5.41, 5.74) is 1.93. The average Bonchev–Trinajstić information content (AvgIpc) is 2.76. The molecule has 2 atom stereocenters. The molecule has 0 radical (unpaired) electrons. The fourth-order valence-electron chi connectivity index (χ4n) is 2.84. The predicted octanol–water partition coefficient (Wildman–Crippen LogP) is 4.07. The molecule has 3 rings (SSSR count). The number of ether oxygens (including phenoxy) is 3. The lowest BCUT2D eigenvalue weighted by Gasteiger charge is -2.25. The SMILES string of the molecule is Oc1cccc(F)c1O[C@@H](COCc1ccccc1)[C@H](O)COCc1ccccc1. The lowest BCUT2D eigenvalue weighted by molar-refractivity contribution is -0.0667. The van der Waals surface area contributed by atoms with Crippen LogP contribution in [0.5, 0.6) is 11.5 Å². The normalized spacial score (nSPS) is 13.0. The van der Waals surface area contributed by atoms with Crippen LogP contribution in [0, 0.1) is 5.82 Å². The number of aliphatic hydroxyl groups is 1. The summed E-state index contributed by atoms with van der Waals surface area (Å²) in [7, 11) is 0. The van der Waals surface area contributed by atoms with Crippen molar-refractivity contribution in [3.05, 3.63) is 95.8 Å². The second-order valence-corrected chi connectivity index (χ2v) is 6.81. The molecule has 5 nitrogen and oxygen atoms in total. The maximum atomic E-state index is 14.1. The van der Waals surface area contributed by atoms with Crippen molar-refractivity contribution in [1.29, 1.82) is 0 Å². The highest BCUT2D eigenvalue weighted by atomic mass is 19.1. The Bertz CT molecular complexity index is 868. The number of phenols is 1. The smallest absolute Gasteiger partial charge is 0.197 e. The average molecular weight is 412 g/mol. The molecule has 0 aliphatic rings. The molecule has 30 heavy (non-hydrogen) atoms. The van der Waals surface area contributed by atoms with Gasteiger partial charge in [0.05, 0.1) is 26.4 Å². The molecule has 0 heterocycles. The topological polar surface area (TPSA) is 68.2 Å². The third-order valence-corrected chi connectivity index (χ3v) is 4.44. The molecule has 0 fully saturated rings. The van der Waals surface area contributed by atoms with Gasteiger partial charge in [0.15, 0.2) is 23.4 Å². The summed E-state index contributed by atoms with van der Waals surface area (Å²) in [4.78, 5) is 0. The molecule has 2 N–H and O–H groups in total. The van der Waals surface area contributed by atoms with Crippen LogP contribution >= 0.6 is 0 Å². The monoisotopic (exact) mass is 412 g/mol. The highest BCUT2D eigenvalue weighted by Crippen LogP contribution is 2.30. The van der Waals surface area contributed by atoms with E-state index in [2.05, 4.69) is 0 Å². The molecule has 0 spiro atoms. The lowest BCUT2D eigenvalue weighted by Crippen LogP contribution is -2.39. The van der Waals surface area contributed by atoms with Crippen LogP contribution in [0.15, 0.2) is 78.9 Å². The van der Waals surface area contributed by atoms with Crippen molar-refractivity contribution in [3.8, 4) is 11.5 Å². The van der Waals surface area contributed by atoms with Gasteiger partial charge < -0.3 is 24.4 Å². The lowest BCUT2D eigenvalue weighted by atomic mass is 10.2. The molecule has 0 amide bonds. The first-order valence-corrected chi connectivity index (χ1v) is 9.69. The summed E-state index contributed by atoms with van der Waals surface area (Å²) in [6, 6.07) is 23.0. The van der Waals surface area contributed by atoms with Crippen molar-refractivity contribution in [2.24, 2.45) is 0 Å². The summed E-state index contributed by atoms with van der Waals surface area (Å²) in [6.45, 7) is 0.573. The molecule has 0 saturated carbocycles. The van der Waals surface area contributed by atoms with E-state index in [1.165, 1.54) is 18.2 Å². The van der Waals surface area contributed by atoms with Gasteiger partial charge in [-0.15, -0.1) is 0 Å². The predicted molar refractivity (Wildman–Crippen MR) is 111 cm³/mol. The van der Waals surface area contributed by atoms with E-state index in [1.807, 2.05) is 60.7 Å². The minimum Gasteiger partial charge on any atom is -0.504 e. The van der Waals surface area contributed by atoms with Gasteiger partial charge in [-0.3, -0.25) is 0 Å². The van der Waals surface area contributed by atoms with E-state index in [-0.39, 0.29) is 24.7 Å². The molecule has 3 aromatic rings. The number of phenolic OH excluding ortho intramolecular Hbond substituents is 1. The Hall–Kier alpha value is -2.93. The summed E-state index contributed by atoms with van der Waals surface area (Å²) in [5, 5.41) is 20.5. The number of halogens is 1. The van der Waals surface area contributed by atoms with Gasteiger partial charge >= 0.3 is 0 Å². The largest absolute Gasteiger partial charge is 0.504 e. The fraction of sp³-hybridized carbons (Fsp3) is 0.250. The van der Waals surface area contributed by atoms with Crippen LogP contribution in [-0.4, -0.2) is 35.6 Å². The second kappa shape index (κ2) is 11.3. The Labute approximate surface area is 175 Å². The molecular formula is C24H25FO5. The number of para-hydroxylation sites is 1. The molecule has 0 aliphatic carbocycles. The van der Waals surface area contributed by atoms with Gasteiger partial charge in [-0.1, -0.05) is 66.7 Å². The van der Waals surface area contributed by atoms with Crippen molar-refractivity contribution >= 4 is 0 Å². The van der Waals surface area contributed by atoms with Crippen molar-refractivity contribution in [1.82, 2.24) is 0 Å². The van der Waals surface area contributed by atoms with Crippen LogP contribution in [0.4, 0.5) is 4.39 Å². The molecule has 0 bridgehead atoms. The zero-order valence-electron chi connectivity index (χ0n) is 16.5. The Morgan fingerprint density at radius 1 is 0.733 bits per heavy atom. The van der Waals surface area contributed by atoms with Crippen LogP contribution in [0.25, 0.3) is 0 Å². The molecule has 0 unspecified atom stereocenters. The van der Waals surface area contributed by atoms with Gasteiger partial charge in [0, 0.05) is 0 Å². The fourth-order valence-corrected chi connectivity index (χ4v) is 2.84. The van der Waals surface area contributed by atoms with E-state index in [1.54, 1.807) is 0 Å². The number of rotatable bonds is 11. The minimum atomic E-state index is -1.09. The summed E-state index contributed by atoms with van der Waals surface area (Å²) >= 11 is 0. The molecule has 158 valence electrons. The third-order valence-electron chi connectivity index (χ3n) is 4.44. The molecule has 3 aromatic carbocycles. The van der Waals surface area contributed by atoms with Crippen LogP contribution in [0.1, 0.15) is 11.1 Å². The van der Waals surface area contributed by atoms with E-state index < -0.39 is 18.0 Å². The zero-order valence-corrected chi connectivity index (χ0v) is 16.5. The van der Waals surface area contributed by atoms with Gasteiger partial charge in [0.2, 0.25) is 0 Å². The highest BCUT2D eigenvalue weighted by molar-refractivity contribution is 5.39. The first-order chi connectivity index (χ1) is 14.6. The maximum Gasteiger partial charge on any atom is 0.197 e. The van der Waals surface area contributed by atoms with Gasteiger partial charge in [-0.25, -0.2) is 4.39 Å². The van der Waals surface area contributed by atoms with Crippen molar-refractivity contribution < 1.29 is 28.8 Å². The van der Waals surface area contributed by atoms with E-state index in [0.29, 0.717) is 13.2 Å². The van der Waals surface area contributed by atoms with E-state index >= 15 is 0 Å². The highest BCUT2D eigenvalue weighted by Gasteiger charge is 2.25. The third kappa shape index (κ3) is 6.56. The second-order valence-electron chi connectivity index (χ2n) is 6.81. The first kappa shape index (κ1) is 21.8. The Balaban J connectivity index is 1.61. The first-order valence-electron chi connectivity index (χ1n) is 9.69. The number of aromatic hydroxyl groups is 1. The Morgan fingerprint density at radius 3 is 1.87 bits per heavy atom. The van der Waals surface area contributed by atoms with Gasteiger partial charge in [-0.2, -0.15) is 0 Å². The molecule has 0 saturated heterocycles. The molecular weight excluding hydrogens is 387 g/mol. The number of hydrogen-bond donors (Lipinski definition) is 2. The van der Waals surface area contributed by atoms with Gasteiger partial charge in [0.25, 0.3) is 0 Å². The number of hydrogen-bond acceptors (Lipinski definition) is 5. The minimum absolute atomic E-state index is 0.0153. The van der Waals surface area contributed by atoms with E-state index in [0.717, 1.165) is 11.1 Å². The zero-order chi connectivity index (χ0) is 21.2. The van der Waals surface area contributed by atoms with Gasteiger partial charge in [0.1, 0.15) is 6.10 Å².